The molecule has 0 spiro atoms. The Labute approximate surface area is 174 Å². The van der Waals surface area contributed by atoms with Crippen molar-refractivity contribution in [1.29, 1.82) is 0 Å². The van der Waals surface area contributed by atoms with Gasteiger partial charge in [0, 0.05) is 25.7 Å². The van der Waals surface area contributed by atoms with Crippen LogP contribution in [0.2, 0.25) is 0 Å². The maximum Gasteiger partial charge on any atom is 0.285 e. The fraction of sp³-hybridized carbons (Fsp3) is 0.760. The van der Waals surface area contributed by atoms with E-state index in [1.807, 2.05) is 20.8 Å². The van der Waals surface area contributed by atoms with Crippen molar-refractivity contribution in [1.82, 2.24) is 0 Å². The normalized spacial score (nSPS) is 13.0. The lowest BCUT2D eigenvalue weighted by molar-refractivity contribution is -0.403. The van der Waals surface area contributed by atoms with Crippen molar-refractivity contribution in [2.24, 2.45) is 5.92 Å². The van der Waals surface area contributed by atoms with E-state index in [1.54, 1.807) is 0 Å². The van der Waals surface area contributed by atoms with Crippen LogP contribution < -0.4 is 0 Å². The van der Waals surface area contributed by atoms with Crippen LogP contribution >= 0.6 is 0 Å². The number of unbranched alkanes of at least 4 members (excludes halogenated alkanes) is 5. The zero-order valence-electron chi connectivity index (χ0n) is 19.1. The van der Waals surface area contributed by atoms with Gasteiger partial charge in [0.1, 0.15) is 0 Å². The highest BCUT2D eigenvalue weighted by Crippen LogP contribution is 2.34. The van der Waals surface area contributed by atoms with Crippen LogP contribution in [0.4, 0.5) is 0 Å². The molecule has 0 aliphatic rings. The van der Waals surface area contributed by atoms with Gasteiger partial charge in [-0.25, -0.2) is 0 Å². The molecular weight excluding hydrogens is 348 g/mol. The molecule has 0 aromatic heterocycles. The van der Waals surface area contributed by atoms with Crippen molar-refractivity contribution >= 4 is 0 Å². The van der Waals surface area contributed by atoms with Gasteiger partial charge in [-0.1, -0.05) is 75.3 Å². The molecule has 1 aromatic rings. The molecule has 0 aliphatic heterocycles. The first kappa shape index (κ1) is 25.1. The Bertz CT molecular complexity index is 466. The molecule has 1 rings (SSSR count). The molecule has 1 atom stereocenters. The second kappa shape index (κ2) is 15.0. The molecule has 0 amide bonds. The first-order chi connectivity index (χ1) is 13.6. The predicted octanol–water partition coefficient (Wildman–Crippen LogP) is 7.06. The highest BCUT2D eigenvalue weighted by molar-refractivity contribution is 5.21. The van der Waals surface area contributed by atoms with Crippen molar-refractivity contribution in [3.8, 4) is 0 Å². The summed E-state index contributed by atoms with van der Waals surface area (Å²) in [6.07, 6.45) is 10.9. The molecule has 3 nitrogen and oxygen atoms in total. The zero-order chi connectivity index (χ0) is 20.7. The van der Waals surface area contributed by atoms with E-state index in [-0.39, 0.29) is 5.92 Å². The minimum Gasteiger partial charge on any atom is -0.328 e. The molecule has 162 valence electrons. The number of aryl methyl sites for hydroxylation is 2. The van der Waals surface area contributed by atoms with E-state index < -0.39 is 5.97 Å². The van der Waals surface area contributed by atoms with E-state index in [2.05, 4.69) is 38.1 Å². The summed E-state index contributed by atoms with van der Waals surface area (Å²) in [5, 5.41) is 0. The standard InChI is InChI=1S/C25H44O3/c1-6-10-11-12-13-14-15-24(21-20-23-18-16-22(5)17-19-23)25(26-7-2,27-8-3)28-9-4/h16-19,24H,6-15,20-21H2,1-5H3. The first-order valence-electron chi connectivity index (χ1n) is 11.6. The van der Waals surface area contributed by atoms with E-state index >= 15 is 0 Å². The second-order valence-electron chi connectivity index (χ2n) is 7.68. The van der Waals surface area contributed by atoms with Crippen molar-refractivity contribution in [2.45, 2.75) is 98.4 Å². The lowest BCUT2D eigenvalue weighted by atomic mass is 9.91. The van der Waals surface area contributed by atoms with Gasteiger partial charge in [0.2, 0.25) is 0 Å². The van der Waals surface area contributed by atoms with E-state index in [0.29, 0.717) is 19.8 Å². The van der Waals surface area contributed by atoms with Gasteiger partial charge in [-0.05, 0) is 52.5 Å². The monoisotopic (exact) mass is 392 g/mol. The smallest absolute Gasteiger partial charge is 0.285 e. The number of ether oxygens (including phenoxy) is 3. The summed E-state index contributed by atoms with van der Waals surface area (Å²) in [6, 6.07) is 8.86. The molecule has 0 bridgehead atoms. The molecule has 0 saturated carbocycles. The molecule has 3 heteroatoms. The molecule has 1 unspecified atom stereocenters. The van der Waals surface area contributed by atoms with Crippen LogP contribution in [0.25, 0.3) is 0 Å². The third-order valence-electron chi connectivity index (χ3n) is 5.34. The Morgan fingerprint density at radius 3 is 1.79 bits per heavy atom. The minimum absolute atomic E-state index is 0.236. The molecule has 0 fully saturated rings. The SMILES string of the molecule is CCCCCCCCC(CCc1ccc(C)cc1)C(OCC)(OCC)OCC. The summed E-state index contributed by atoms with van der Waals surface area (Å²) in [7, 11) is 0. The summed E-state index contributed by atoms with van der Waals surface area (Å²) in [5.74, 6) is -0.674. The van der Waals surface area contributed by atoms with E-state index in [0.717, 1.165) is 19.3 Å². The van der Waals surface area contributed by atoms with Crippen LogP contribution in [-0.2, 0) is 20.6 Å². The number of hydrogen-bond donors (Lipinski definition) is 0. The Hall–Kier alpha value is -0.900. The summed E-state index contributed by atoms with van der Waals surface area (Å²) in [6.45, 7) is 12.3. The Kier molecular flexibility index (Phi) is 13.5. The Morgan fingerprint density at radius 1 is 0.714 bits per heavy atom. The van der Waals surface area contributed by atoms with Crippen molar-refractivity contribution in [2.75, 3.05) is 19.8 Å². The number of hydrogen-bond acceptors (Lipinski definition) is 3. The number of benzene rings is 1. The minimum atomic E-state index is -0.910. The third-order valence-corrected chi connectivity index (χ3v) is 5.34. The lowest BCUT2D eigenvalue weighted by Crippen LogP contribution is -2.47. The fourth-order valence-corrected chi connectivity index (χ4v) is 3.85. The van der Waals surface area contributed by atoms with Crippen molar-refractivity contribution in [3.05, 3.63) is 35.4 Å². The van der Waals surface area contributed by atoms with Crippen LogP contribution in [0, 0.1) is 12.8 Å². The summed E-state index contributed by atoms with van der Waals surface area (Å²) >= 11 is 0. The van der Waals surface area contributed by atoms with Gasteiger partial charge in [-0.2, -0.15) is 0 Å². The topological polar surface area (TPSA) is 27.7 Å². The van der Waals surface area contributed by atoms with Crippen molar-refractivity contribution in [3.63, 3.8) is 0 Å². The van der Waals surface area contributed by atoms with E-state index in [9.17, 15) is 0 Å². The predicted molar refractivity (Wildman–Crippen MR) is 119 cm³/mol. The summed E-state index contributed by atoms with van der Waals surface area (Å²) in [5.41, 5.74) is 2.68. The molecule has 1 aromatic carbocycles. The summed E-state index contributed by atoms with van der Waals surface area (Å²) in [4.78, 5) is 0. The van der Waals surface area contributed by atoms with Crippen molar-refractivity contribution < 1.29 is 14.2 Å². The van der Waals surface area contributed by atoms with Gasteiger partial charge in [-0.15, -0.1) is 0 Å². The molecule has 0 saturated heterocycles. The van der Waals surface area contributed by atoms with Crippen LogP contribution in [0.3, 0.4) is 0 Å². The maximum absolute atomic E-state index is 6.13. The van der Waals surface area contributed by atoms with Gasteiger partial charge in [0.25, 0.3) is 5.97 Å². The molecule has 0 radical (unpaired) electrons. The van der Waals surface area contributed by atoms with E-state index in [1.165, 1.54) is 49.7 Å². The highest BCUT2D eigenvalue weighted by Gasteiger charge is 2.41. The lowest BCUT2D eigenvalue weighted by Gasteiger charge is -2.39. The van der Waals surface area contributed by atoms with E-state index in [4.69, 9.17) is 14.2 Å². The number of rotatable bonds is 17. The fourth-order valence-electron chi connectivity index (χ4n) is 3.85. The van der Waals surface area contributed by atoms with Gasteiger partial charge in [0.05, 0.1) is 0 Å². The Balaban J connectivity index is 2.81. The van der Waals surface area contributed by atoms with Crippen LogP contribution in [-0.4, -0.2) is 25.8 Å². The van der Waals surface area contributed by atoms with Gasteiger partial charge < -0.3 is 14.2 Å². The summed E-state index contributed by atoms with van der Waals surface area (Å²) < 4.78 is 18.4. The largest absolute Gasteiger partial charge is 0.328 e. The molecule has 28 heavy (non-hydrogen) atoms. The van der Waals surface area contributed by atoms with Gasteiger partial charge in [0.15, 0.2) is 0 Å². The average molecular weight is 393 g/mol. The quantitative estimate of drug-likeness (QED) is 0.210. The van der Waals surface area contributed by atoms with Crippen LogP contribution in [0.5, 0.6) is 0 Å². The zero-order valence-corrected chi connectivity index (χ0v) is 19.1. The van der Waals surface area contributed by atoms with Gasteiger partial charge in [-0.3, -0.25) is 0 Å². The molecular formula is C25H44O3. The maximum atomic E-state index is 6.13. The first-order valence-corrected chi connectivity index (χ1v) is 11.6. The molecule has 0 heterocycles. The molecule has 0 aliphatic carbocycles. The molecule has 0 N–H and O–H groups in total. The highest BCUT2D eigenvalue weighted by atomic mass is 16.9. The Morgan fingerprint density at radius 2 is 1.25 bits per heavy atom. The third kappa shape index (κ3) is 9.07. The average Bonchev–Trinajstić information content (AvgIpc) is 2.68. The van der Waals surface area contributed by atoms with Crippen LogP contribution in [0.15, 0.2) is 24.3 Å². The second-order valence-corrected chi connectivity index (χ2v) is 7.68. The van der Waals surface area contributed by atoms with Gasteiger partial charge >= 0.3 is 0 Å². The van der Waals surface area contributed by atoms with Crippen LogP contribution in [0.1, 0.15) is 90.2 Å².